The van der Waals surface area contributed by atoms with Gasteiger partial charge in [0.15, 0.2) is 0 Å². The summed E-state index contributed by atoms with van der Waals surface area (Å²) in [6, 6.07) is 18.0. The smallest absolute Gasteiger partial charge is 0.315 e. The summed E-state index contributed by atoms with van der Waals surface area (Å²) in [5.41, 5.74) is 4.45. The zero-order valence-electron chi connectivity index (χ0n) is 15.2. The van der Waals surface area contributed by atoms with Crippen LogP contribution in [0.1, 0.15) is 16.8 Å². The molecule has 0 bridgehead atoms. The SMILES string of the molecule is Cc1ccc(CNC(=O)NCCn2c(C)cnc2-c2ccccc2)cc1. The number of hydrogen-bond donors (Lipinski definition) is 2. The van der Waals surface area contributed by atoms with E-state index in [4.69, 9.17) is 0 Å². The van der Waals surface area contributed by atoms with Gasteiger partial charge in [-0.05, 0) is 19.4 Å². The van der Waals surface area contributed by atoms with Gasteiger partial charge < -0.3 is 15.2 Å². The maximum Gasteiger partial charge on any atom is 0.315 e. The minimum atomic E-state index is -0.162. The lowest BCUT2D eigenvalue weighted by Gasteiger charge is -2.12. The zero-order valence-corrected chi connectivity index (χ0v) is 15.2. The minimum Gasteiger partial charge on any atom is -0.336 e. The number of imidazole rings is 1. The van der Waals surface area contributed by atoms with Gasteiger partial charge >= 0.3 is 6.03 Å². The molecular formula is C21H24N4O. The highest BCUT2D eigenvalue weighted by Crippen LogP contribution is 2.18. The number of benzene rings is 2. The van der Waals surface area contributed by atoms with Gasteiger partial charge in [-0.3, -0.25) is 0 Å². The molecule has 0 aliphatic heterocycles. The Morgan fingerprint density at radius 2 is 1.73 bits per heavy atom. The number of nitrogens with one attached hydrogen (secondary N) is 2. The first-order chi connectivity index (χ1) is 12.6. The molecule has 0 radical (unpaired) electrons. The van der Waals surface area contributed by atoms with Crippen molar-refractivity contribution in [3.8, 4) is 11.4 Å². The number of hydrogen-bond acceptors (Lipinski definition) is 2. The molecule has 2 N–H and O–H groups in total. The monoisotopic (exact) mass is 348 g/mol. The summed E-state index contributed by atoms with van der Waals surface area (Å²) in [6.07, 6.45) is 1.86. The van der Waals surface area contributed by atoms with E-state index >= 15 is 0 Å². The third-order valence-corrected chi connectivity index (χ3v) is 4.28. The third kappa shape index (κ3) is 4.51. The van der Waals surface area contributed by atoms with Crippen LogP contribution in [0.2, 0.25) is 0 Å². The molecule has 1 aromatic heterocycles. The summed E-state index contributed by atoms with van der Waals surface area (Å²) < 4.78 is 2.12. The fourth-order valence-corrected chi connectivity index (χ4v) is 2.79. The van der Waals surface area contributed by atoms with E-state index < -0.39 is 0 Å². The van der Waals surface area contributed by atoms with Crippen LogP contribution in [0.3, 0.4) is 0 Å². The second-order valence-corrected chi connectivity index (χ2v) is 6.34. The molecular weight excluding hydrogens is 324 g/mol. The Bertz CT molecular complexity index is 853. The molecule has 2 aromatic carbocycles. The van der Waals surface area contributed by atoms with Gasteiger partial charge in [0.2, 0.25) is 0 Å². The van der Waals surface area contributed by atoms with Crippen molar-refractivity contribution in [2.45, 2.75) is 26.9 Å². The molecule has 26 heavy (non-hydrogen) atoms. The van der Waals surface area contributed by atoms with Crippen molar-refractivity contribution in [2.24, 2.45) is 0 Å². The molecule has 3 aromatic rings. The topological polar surface area (TPSA) is 59.0 Å². The van der Waals surface area contributed by atoms with Gasteiger partial charge in [-0.1, -0.05) is 60.2 Å². The molecule has 0 fully saturated rings. The van der Waals surface area contributed by atoms with Gasteiger partial charge in [-0.15, -0.1) is 0 Å². The van der Waals surface area contributed by atoms with Crippen LogP contribution in [0.15, 0.2) is 60.8 Å². The lowest BCUT2D eigenvalue weighted by Crippen LogP contribution is -2.36. The Morgan fingerprint density at radius 1 is 1.00 bits per heavy atom. The van der Waals surface area contributed by atoms with Crippen LogP contribution in [-0.4, -0.2) is 22.1 Å². The van der Waals surface area contributed by atoms with E-state index in [1.807, 2.05) is 74.6 Å². The van der Waals surface area contributed by atoms with Crippen LogP contribution in [0.4, 0.5) is 4.79 Å². The average molecular weight is 348 g/mol. The van der Waals surface area contributed by atoms with Crippen LogP contribution in [0, 0.1) is 13.8 Å². The largest absolute Gasteiger partial charge is 0.336 e. The van der Waals surface area contributed by atoms with E-state index in [9.17, 15) is 4.79 Å². The van der Waals surface area contributed by atoms with Crippen molar-refractivity contribution in [1.29, 1.82) is 0 Å². The molecule has 0 unspecified atom stereocenters. The number of aromatic nitrogens is 2. The van der Waals surface area contributed by atoms with Crippen molar-refractivity contribution in [3.05, 3.63) is 77.6 Å². The Labute approximate surface area is 154 Å². The van der Waals surface area contributed by atoms with E-state index in [1.54, 1.807) is 0 Å². The zero-order chi connectivity index (χ0) is 18.4. The number of aryl methyl sites for hydroxylation is 2. The van der Waals surface area contributed by atoms with Gasteiger partial charge in [-0.2, -0.15) is 0 Å². The molecule has 0 spiro atoms. The first kappa shape index (κ1) is 17.7. The second-order valence-electron chi connectivity index (χ2n) is 6.34. The van der Waals surface area contributed by atoms with Gasteiger partial charge in [0.05, 0.1) is 0 Å². The predicted molar refractivity (Wildman–Crippen MR) is 104 cm³/mol. The molecule has 5 heteroatoms. The molecule has 0 saturated carbocycles. The van der Waals surface area contributed by atoms with Crippen molar-refractivity contribution in [1.82, 2.24) is 20.2 Å². The highest BCUT2D eigenvalue weighted by atomic mass is 16.2. The summed E-state index contributed by atoms with van der Waals surface area (Å²) in [6.45, 7) is 5.80. The maximum atomic E-state index is 12.0. The lowest BCUT2D eigenvalue weighted by molar-refractivity contribution is 0.240. The predicted octanol–water partition coefficient (Wildman–Crippen LogP) is 3.67. The Morgan fingerprint density at radius 3 is 2.46 bits per heavy atom. The van der Waals surface area contributed by atoms with Crippen molar-refractivity contribution >= 4 is 6.03 Å². The van der Waals surface area contributed by atoms with Gasteiger partial charge in [0.1, 0.15) is 5.82 Å². The number of carbonyl (C=O) groups excluding carboxylic acids is 1. The maximum absolute atomic E-state index is 12.0. The van der Waals surface area contributed by atoms with Crippen molar-refractivity contribution in [2.75, 3.05) is 6.54 Å². The Balaban J connectivity index is 1.51. The molecule has 3 rings (SSSR count). The fourth-order valence-electron chi connectivity index (χ4n) is 2.79. The number of urea groups is 1. The number of carbonyl (C=O) groups is 1. The fraction of sp³-hybridized carbons (Fsp3) is 0.238. The van der Waals surface area contributed by atoms with E-state index in [2.05, 4.69) is 20.2 Å². The molecule has 5 nitrogen and oxygen atoms in total. The summed E-state index contributed by atoms with van der Waals surface area (Å²) in [5, 5.41) is 5.79. The van der Waals surface area contributed by atoms with Gasteiger partial charge in [0.25, 0.3) is 0 Å². The van der Waals surface area contributed by atoms with Gasteiger partial charge in [-0.25, -0.2) is 9.78 Å². The quantitative estimate of drug-likeness (QED) is 0.714. The number of amides is 2. The number of rotatable bonds is 6. The van der Waals surface area contributed by atoms with Crippen molar-refractivity contribution < 1.29 is 4.79 Å². The second kappa shape index (κ2) is 8.34. The highest BCUT2D eigenvalue weighted by Gasteiger charge is 2.09. The van der Waals surface area contributed by atoms with Crippen LogP contribution in [-0.2, 0) is 13.1 Å². The molecule has 2 amide bonds. The minimum absolute atomic E-state index is 0.162. The van der Waals surface area contributed by atoms with E-state index in [0.717, 1.165) is 22.6 Å². The van der Waals surface area contributed by atoms with Crippen LogP contribution >= 0.6 is 0 Å². The van der Waals surface area contributed by atoms with Crippen LogP contribution in [0.5, 0.6) is 0 Å². The number of nitrogens with zero attached hydrogens (tertiary/aromatic N) is 2. The summed E-state index contributed by atoms with van der Waals surface area (Å²) >= 11 is 0. The lowest BCUT2D eigenvalue weighted by atomic mass is 10.1. The van der Waals surface area contributed by atoms with E-state index in [1.165, 1.54) is 5.56 Å². The normalized spacial score (nSPS) is 10.5. The first-order valence-electron chi connectivity index (χ1n) is 8.78. The first-order valence-corrected chi connectivity index (χ1v) is 8.78. The molecule has 134 valence electrons. The van der Waals surface area contributed by atoms with Crippen LogP contribution in [0.25, 0.3) is 11.4 Å². The van der Waals surface area contributed by atoms with Gasteiger partial charge in [0, 0.05) is 37.1 Å². The summed E-state index contributed by atoms with van der Waals surface area (Å²) in [7, 11) is 0. The standard InChI is InChI=1S/C21H24N4O/c1-16-8-10-18(11-9-16)15-24-21(26)22-12-13-25-17(2)14-23-20(25)19-6-4-3-5-7-19/h3-11,14H,12-13,15H2,1-2H3,(H2,22,24,26). The third-order valence-electron chi connectivity index (χ3n) is 4.28. The molecule has 0 saturated heterocycles. The summed E-state index contributed by atoms with van der Waals surface area (Å²) in [4.78, 5) is 16.5. The van der Waals surface area contributed by atoms with E-state index in [0.29, 0.717) is 19.6 Å². The molecule has 1 heterocycles. The van der Waals surface area contributed by atoms with Crippen LogP contribution < -0.4 is 10.6 Å². The summed E-state index contributed by atoms with van der Waals surface area (Å²) in [5.74, 6) is 0.921. The molecule has 0 aliphatic rings. The molecule has 0 atom stereocenters. The average Bonchev–Trinajstić information content (AvgIpc) is 3.03. The van der Waals surface area contributed by atoms with E-state index in [-0.39, 0.29) is 6.03 Å². The van der Waals surface area contributed by atoms with Crippen molar-refractivity contribution in [3.63, 3.8) is 0 Å². The highest BCUT2D eigenvalue weighted by molar-refractivity contribution is 5.73. The Kier molecular flexibility index (Phi) is 5.69. The Hall–Kier alpha value is -3.08. The molecule has 0 aliphatic carbocycles.